The quantitative estimate of drug-likeness (QED) is 0.881. The molecule has 2 aliphatic heterocycles. The summed E-state index contributed by atoms with van der Waals surface area (Å²) in [6, 6.07) is 1.13. The summed E-state index contributed by atoms with van der Waals surface area (Å²) in [7, 11) is 1.34. The number of aliphatic hydroxyl groups is 1. The van der Waals surface area contributed by atoms with Gasteiger partial charge < -0.3 is 19.5 Å². The fourth-order valence-electron chi connectivity index (χ4n) is 4.55. The van der Waals surface area contributed by atoms with E-state index in [0.717, 1.165) is 4.90 Å². The maximum atomic E-state index is 13.3. The van der Waals surface area contributed by atoms with E-state index in [9.17, 15) is 4.79 Å². The fraction of sp³-hybridized carbons (Fsp3) is 0.611. The third-order valence-corrected chi connectivity index (χ3v) is 5.57. The first-order valence-corrected chi connectivity index (χ1v) is 7.53. The lowest BCUT2D eigenvalue weighted by Crippen LogP contribution is -2.76. The summed E-state index contributed by atoms with van der Waals surface area (Å²) < 4.78 is 87.1. The van der Waals surface area contributed by atoms with Gasteiger partial charge in [0, 0.05) is 27.6 Å². The van der Waals surface area contributed by atoms with Crippen LogP contribution in [-0.4, -0.2) is 55.6 Å². The molecular formula is C18H21NO4. The van der Waals surface area contributed by atoms with Crippen LogP contribution in [0.2, 0.25) is 0 Å². The molecule has 23 heavy (non-hydrogen) atoms. The van der Waals surface area contributed by atoms with Crippen molar-refractivity contribution in [3.63, 3.8) is 0 Å². The van der Waals surface area contributed by atoms with Gasteiger partial charge in [-0.1, -0.05) is 6.07 Å². The minimum absolute atomic E-state index is 0.0179. The average Bonchev–Trinajstić information content (AvgIpc) is 2.96. The van der Waals surface area contributed by atoms with Crippen molar-refractivity contribution >= 4 is 5.78 Å². The molecule has 122 valence electrons. The highest BCUT2D eigenvalue weighted by molar-refractivity contribution is 5.90. The van der Waals surface area contributed by atoms with Crippen LogP contribution in [0.4, 0.5) is 0 Å². The molecule has 0 radical (unpaired) electrons. The van der Waals surface area contributed by atoms with Crippen LogP contribution in [0.15, 0.2) is 12.1 Å². The number of carbonyl (C=O) groups is 1. The van der Waals surface area contributed by atoms with Gasteiger partial charge in [0.1, 0.15) is 0 Å². The summed E-state index contributed by atoms with van der Waals surface area (Å²) in [5, 5.41) is 5.17. The van der Waals surface area contributed by atoms with Crippen LogP contribution >= 0.6 is 0 Å². The second-order valence-electron chi connectivity index (χ2n) is 6.42. The maximum Gasteiger partial charge on any atom is 0.211 e. The lowest BCUT2D eigenvalue weighted by atomic mass is 9.49. The zero-order valence-corrected chi connectivity index (χ0v) is 12.4. The molecule has 2 fully saturated rings. The molecule has 1 saturated carbocycles. The van der Waals surface area contributed by atoms with E-state index in [-0.39, 0.29) is 35.6 Å². The molecule has 5 heteroatoms. The van der Waals surface area contributed by atoms with Crippen LogP contribution in [0.3, 0.4) is 0 Å². The molecule has 4 atom stereocenters. The molecule has 1 N–H and O–H groups in total. The van der Waals surface area contributed by atoms with Gasteiger partial charge >= 0.3 is 0 Å². The van der Waals surface area contributed by atoms with Crippen LogP contribution in [0.1, 0.15) is 41.3 Å². The van der Waals surface area contributed by atoms with Gasteiger partial charge in [-0.25, -0.2) is 0 Å². The molecule has 0 aromatic heterocycles. The molecule has 1 unspecified atom stereocenters. The van der Waals surface area contributed by atoms with Gasteiger partial charge in [0.2, 0.25) is 1.43 Å². The van der Waals surface area contributed by atoms with Gasteiger partial charge in [-0.15, -0.1) is 0 Å². The van der Waals surface area contributed by atoms with Crippen molar-refractivity contribution in [2.45, 2.75) is 48.7 Å². The highest BCUT2D eigenvalue weighted by Crippen LogP contribution is 2.64. The predicted octanol–water partition coefficient (Wildman–Crippen LogP) is 1.05. The number of nitrogens with zero attached hydrogens (tertiary/aromatic N) is 1. The number of Topliss-reactive ketones (excluding diaryl/α,β-unsaturated/α-hetero) is 1. The number of hydrogen-bond acceptors (Lipinski definition) is 5. The van der Waals surface area contributed by atoms with Gasteiger partial charge in [0.15, 0.2) is 23.4 Å². The zero-order valence-electron chi connectivity index (χ0n) is 21.4. The largest absolute Gasteiger partial charge is 0.493 e. The van der Waals surface area contributed by atoms with E-state index >= 15 is 0 Å². The molecule has 1 saturated heterocycles. The van der Waals surface area contributed by atoms with Crippen LogP contribution < -0.4 is 9.47 Å². The molecule has 5 rings (SSSR count). The maximum absolute atomic E-state index is 13.3. The first kappa shape index (κ1) is 7.53. The van der Waals surface area contributed by atoms with E-state index < -0.39 is 55.1 Å². The Labute approximate surface area is 147 Å². The first-order valence-electron chi connectivity index (χ1n) is 11.9. The van der Waals surface area contributed by atoms with Crippen LogP contribution in [0, 0.1) is 0 Å². The summed E-state index contributed by atoms with van der Waals surface area (Å²) in [5.41, 5.74) is -3.87. The van der Waals surface area contributed by atoms with Crippen molar-refractivity contribution in [2.24, 2.45) is 0 Å². The van der Waals surface area contributed by atoms with Crippen LogP contribution in [0.5, 0.6) is 11.5 Å². The molecule has 1 spiro atoms. The Balaban J connectivity index is 1.97. The Hall–Kier alpha value is -1.59. The number of methoxy groups -OCH3 is 1. The number of benzene rings is 1. The number of ether oxygens (including phenoxy) is 2. The number of likely N-dealkylation sites (tertiary alicyclic amines) is 1. The van der Waals surface area contributed by atoms with E-state index in [0.29, 0.717) is 0 Å². The third-order valence-electron chi connectivity index (χ3n) is 5.57. The molecule has 1 aromatic rings. The first-order chi connectivity index (χ1) is 14.7. The Kier molecular flexibility index (Phi) is 1.34. The topological polar surface area (TPSA) is 59.0 Å². The van der Waals surface area contributed by atoms with E-state index in [1.165, 1.54) is 19.2 Å². The number of likely N-dealkylation sites (N-methyl/N-ethyl adjacent to an activating group) is 1. The summed E-state index contributed by atoms with van der Waals surface area (Å²) in [6.07, 6.45) is -8.75. The number of carbonyl (C=O) groups excluding carboxylic acids is 1. The Morgan fingerprint density at radius 3 is 3.30 bits per heavy atom. The van der Waals surface area contributed by atoms with E-state index in [2.05, 4.69) is 0 Å². The third kappa shape index (κ3) is 1.32. The van der Waals surface area contributed by atoms with Crippen LogP contribution in [-0.2, 0) is 16.6 Å². The Morgan fingerprint density at radius 1 is 1.61 bits per heavy atom. The van der Waals surface area contributed by atoms with Gasteiger partial charge in [-0.2, -0.15) is 0 Å². The zero-order chi connectivity index (χ0) is 23.7. The smallest absolute Gasteiger partial charge is 0.211 e. The summed E-state index contributed by atoms with van der Waals surface area (Å²) in [4.78, 5) is 14.2. The SMILES string of the molecule is [2H]O[C@@]12CC([2H])([2H])C(=O)C3([2H])Oc4c(OC)ccc5c4[C@@]31CCN(C([2H])([2H])[2H])[C@@H]2C5([2H])[2H]. The molecule has 1 aromatic carbocycles. The summed E-state index contributed by atoms with van der Waals surface area (Å²) in [6.45, 7) is -3.03. The average molecular weight is 324 g/mol. The van der Waals surface area contributed by atoms with Gasteiger partial charge in [0.05, 0.1) is 19.5 Å². The minimum Gasteiger partial charge on any atom is -0.493 e. The van der Waals surface area contributed by atoms with Gasteiger partial charge in [-0.3, -0.25) is 4.79 Å². The van der Waals surface area contributed by atoms with Crippen molar-refractivity contribution in [3.05, 3.63) is 23.3 Å². The summed E-state index contributed by atoms with van der Waals surface area (Å²) in [5.74, 6) is -1.12. The second kappa shape index (κ2) is 4.08. The Morgan fingerprint density at radius 2 is 2.52 bits per heavy atom. The van der Waals surface area contributed by atoms with Crippen molar-refractivity contribution in [1.82, 2.24) is 4.90 Å². The predicted molar refractivity (Wildman–Crippen MR) is 83.0 cm³/mol. The van der Waals surface area contributed by atoms with Gasteiger partial charge in [-0.05, 0) is 44.4 Å². The number of hydrogen-bond donors (Lipinski definition) is 1. The van der Waals surface area contributed by atoms with Crippen molar-refractivity contribution in [1.29, 1.82) is 1.43 Å². The fourth-order valence-corrected chi connectivity index (χ4v) is 4.55. The highest BCUT2D eigenvalue weighted by atomic mass is 16.5. The highest BCUT2D eigenvalue weighted by Gasteiger charge is 2.72. The van der Waals surface area contributed by atoms with Crippen molar-refractivity contribution < 1.29 is 30.3 Å². The van der Waals surface area contributed by atoms with E-state index in [1.807, 2.05) is 0 Å². The van der Waals surface area contributed by atoms with Crippen molar-refractivity contribution in [3.8, 4) is 11.5 Å². The van der Waals surface area contributed by atoms with Gasteiger partial charge in [0.25, 0.3) is 0 Å². The van der Waals surface area contributed by atoms with E-state index in [1.54, 1.807) is 0 Å². The molecule has 4 aliphatic rings. The normalized spacial score (nSPS) is 54.4. The molecular weight excluding hydrogens is 294 g/mol. The van der Waals surface area contributed by atoms with Crippen molar-refractivity contribution in [2.75, 3.05) is 20.6 Å². The number of piperidine rings is 1. The minimum atomic E-state index is -2.80. The summed E-state index contributed by atoms with van der Waals surface area (Å²) >= 11 is 0. The Bertz CT molecular complexity index is 1050. The molecule has 2 bridgehead atoms. The molecule has 0 amide bonds. The van der Waals surface area contributed by atoms with E-state index in [4.69, 9.17) is 27.0 Å². The number of ketones is 1. The molecule has 2 heterocycles. The molecule has 5 nitrogen and oxygen atoms in total. The second-order valence-corrected chi connectivity index (χ2v) is 6.42. The lowest BCUT2D eigenvalue weighted by molar-refractivity contribution is -0.185. The standard InChI is InChI=1S/C18H21NO4/c1-19-8-7-17-14-10-3-4-12(22-2)15(14)23-16(17)11(20)5-6-18(17,21)13(19)9-10/h3-4,13,16,21H,5-9H2,1-2H3/t13-,16?,17+,18-/m1/s1/i1D3,5D2,9D2,16D,21D. The number of rotatable bonds is 2. The monoisotopic (exact) mass is 324 g/mol. The lowest BCUT2D eigenvalue weighted by Gasteiger charge is -2.62. The van der Waals surface area contributed by atoms with Crippen LogP contribution in [0.25, 0.3) is 0 Å². The molecule has 2 aliphatic carbocycles.